The fraction of sp³-hybridized carbons (Fsp3) is 0.304. The van der Waals surface area contributed by atoms with Crippen molar-refractivity contribution in [1.29, 1.82) is 0 Å². The van der Waals surface area contributed by atoms with Crippen molar-refractivity contribution in [2.45, 2.75) is 28.2 Å². The molecule has 2 N–H and O–H groups in total. The van der Waals surface area contributed by atoms with Crippen LogP contribution in [0.15, 0.2) is 54.7 Å². The smallest absolute Gasteiger partial charge is 0.254 e. The van der Waals surface area contributed by atoms with Gasteiger partial charge in [0, 0.05) is 36.3 Å². The normalized spacial score (nSPS) is 28.1. The van der Waals surface area contributed by atoms with E-state index in [1.165, 1.54) is 4.90 Å². The number of carbonyl (C=O) groups excluding carboxylic acids is 2. The van der Waals surface area contributed by atoms with Crippen LogP contribution in [0.5, 0.6) is 0 Å². The third kappa shape index (κ3) is 2.65. The van der Waals surface area contributed by atoms with Gasteiger partial charge in [0.05, 0.1) is 11.6 Å². The van der Waals surface area contributed by atoms with E-state index < -0.39 is 15.7 Å². The standard InChI is InChI=1S/C23H24N4O2S2/c1-26(19(30)12-28)21(29)23(31)13-22(16-11-24-17-9-5-3-7-14(16)17)15-8-4-6-10-18(15)25-20(22)27(23)2/h3-12,19-20,24-25,30-31H,13H2,1-2H3/t19-,20+,22+,23?/m0/s1. The van der Waals surface area contributed by atoms with E-state index in [-0.39, 0.29) is 12.1 Å². The van der Waals surface area contributed by atoms with E-state index in [2.05, 4.69) is 53.4 Å². The van der Waals surface area contributed by atoms with Crippen molar-refractivity contribution in [1.82, 2.24) is 14.8 Å². The average Bonchev–Trinajstić information content (AvgIpc) is 3.42. The van der Waals surface area contributed by atoms with E-state index in [4.69, 9.17) is 12.6 Å². The molecule has 1 amide bonds. The molecule has 0 aliphatic carbocycles. The van der Waals surface area contributed by atoms with Gasteiger partial charge in [0.25, 0.3) is 5.91 Å². The number of amides is 1. The minimum absolute atomic E-state index is 0.187. The number of para-hydroxylation sites is 2. The highest BCUT2D eigenvalue weighted by atomic mass is 32.1. The van der Waals surface area contributed by atoms with Crippen LogP contribution < -0.4 is 5.32 Å². The molecule has 0 bridgehead atoms. The minimum Gasteiger partial charge on any atom is -0.368 e. The molecule has 2 aliphatic rings. The van der Waals surface area contributed by atoms with Crippen molar-refractivity contribution in [2.24, 2.45) is 0 Å². The summed E-state index contributed by atoms with van der Waals surface area (Å²) in [6, 6.07) is 16.4. The average molecular weight is 453 g/mol. The Balaban J connectivity index is 1.72. The Morgan fingerprint density at radius 3 is 2.71 bits per heavy atom. The lowest BCUT2D eigenvalue weighted by Gasteiger charge is -2.36. The first-order chi connectivity index (χ1) is 14.8. The van der Waals surface area contributed by atoms with Crippen molar-refractivity contribution >= 4 is 54.0 Å². The second kappa shape index (κ2) is 7.05. The lowest BCUT2D eigenvalue weighted by Crippen LogP contribution is -2.55. The van der Waals surface area contributed by atoms with Gasteiger partial charge in [0.1, 0.15) is 10.2 Å². The van der Waals surface area contributed by atoms with Gasteiger partial charge in [-0.3, -0.25) is 9.69 Å². The monoisotopic (exact) mass is 452 g/mol. The molecule has 1 unspecified atom stereocenters. The number of rotatable bonds is 4. The van der Waals surface area contributed by atoms with Crippen LogP contribution in [0.2, 0.25) is 0 Å². The number of hydrogen-bond donors (Lipinski definition) is 4. The number of H-pyrrole nitrogens is 1. The molecule has 160 valence electrons. The van der Waals surface area contributed by atoms with Crippen LogP contribution in [-0.2, 0) is 15.0 Å². The molecule has 1 aromatic heterocycles. The van der Waals surface area contributed by atoms with Gasteiger partial charge in [-0.05, 0) is 30.3 Å². The van der Waals surface area contributed by atoms with Crippen LogP contribution in [0.1, 0.15) is 17.5 Å². The topological polar surface area (TPSA) is 68.4 Å². The van der Waals surface area contributed by atoms with Crippen molar-refractivity contribution in [2.75, 3.05) is 19.4 Å². The molecule has 2 aliphatic heterocycles. The number of fused-ring (bicyclic) bond motifs is 4. The largest absolute Gasteiger partial charge is 0.368 e. The summed E-state index contributed by atoms with van der Waals surface area (Å²) in [6.45, 7) is 0. The molecule has 0 radical (unpaired) electrons. The van der Waals surface area contributed by atoms with Crippen LogP contribution in [0, 0.1) is 0 Å². The number of aromatic nitrogens is 1. The number of hydrogen-bond acceptors (Lipinski definition) is 6. The number of thiol groups is 2. The van der Waals surface area contributed by atoms with Crippen LogP contribution in [0.3, 0.4) is 0 Å². The van der Waals surface area contributed by atoms with Gasteiger partial charge >= 0.3 is 0 Å². The summed E-state index contributed by atoms with van der Waals surface area (Å²) in [5, 5.41) is 3.93. The maximum absolute atomic E-state index is 13.6. The zero-order valence-electron chi connectivity index (χ0n) is 17.2. The predicted octanol–water partition coefficient (Wildman–Crippen LogP) is 3.08. The lowest BCUT2D eigenvalue weighted by molar-refractivity contribution is -0.138. The molecule has 8 heteroatoms. The maximum atomic E-state index is 13.6. The van der Waals surface area contributed by atoms with Gasteiger partial charge in [-0.2, -0.15) is 0 Å². The molecular weight excluding hydrogens is 428 g/mol. The van der Waals surface area contributed by atoms with Crippen molar-refractivity contribution in [3.8, 4) is 0 Å². The van der Waals surface area contributed by atoms with Crippen molar-refractivity contribution in [3.63, 3.8) is 0 Å². The molecule has 0 saturated carbocycles. The van der Waals surface area contributed by atoms with Crippen LogP contribution in [0.4, 0.5) is 5.69 Å². The number of benzene rings is 2. The Hall–Kier alpha value is -2.42. The number of likely N-dealkylation sites (N-methyl/N-ethyl adjacent to an activating group) is 2. The SMILES string of the molecule is CN(C(=O)C1(S)C[C@]2(c3c[nH]c4ccccc34)c3ccccc3N[C@@H]2N1C)[C@@H](S)C=O. The second-order valence-corrected chi connectivity index (χ2v) is 9.65. The molecular formula is C23H24N4O2S2. The Morgan fingerprint density at radius 2 is 1.94 bits per heavy atom. The van der Waals surface area contributed by atoms with E-state index in [1.54, 1.807) is 7.05 Å². The number of likely N-dealkylation sites (tertiary alicyclic amines) is 1. The van der Waals surface area contributed by atoms with Crippen molar-refractivity contribution in [3.05, 3.63) is 65.9 Å². The summed E-state index contributed by atoms with van der Waals surface area (Å²) < 4.78 is 0. The maximum Gasteiger partial charge on any atom is 0.254 e. The van der Waals surface area contributed by atoms with Crippen LogP contribution >= 0.6 is 25.3 Å². The molecule has 3 aromatic rings. The first-order valence-electron chi connectivity index (χ1n) is 10.1. The summed E-state index contributed by atoms with van der Waals surface area (Å²) in [6.07, 6.45) is 2.96. The lowest BCUT2D eigenvalue weighted by atomic mass is 9.72. The van der Waals surface area contributed by atoms with E-state index in [0.29, 0.717) is 12.7 Å². The summed E-state index contributed by atoms with van der Waals surface area (Å²) >= 11 is 9.20. The fourth-order valence-corrected chi connectivity index (χ4v) is 5.94. The molecule has 6 nitrogen and oxygen atoms in total. The Kier molecular flexibility index (Phi) is 4.66. The Bertz CT molecular complexity index is 1200. The Morgan fingerprint density at radius 1 is 1.23 bits per heavy atom. The number of nitrogens with one attached hydrogen (secondary N) is 2. The minimum atomic E-state index is -1.12. The molecule has 1 fully saturated rings. The molecule has 2 aromatic carbocycles. The van der Waals surface area contributed by atoms with Gasteiger partial charge in [-0.15, -0.1) is 25.3 Å². The number of anilines is 1. The van der Waals surface area contributed by atoms with Gasteiger partial charge in [0.2, 0.25) is 0 Å². The molecule has 3 heterocycles. The van der Waals surface area contributed by atoms with E-state index in [0.717, 1.165) is 27.7 Å². The van der Waals surface area contributed by atoms with Gasteiger partial charge in [-0.25, -0.2) is 0 Å². The zero-order chi connectivity index (χ0) is 22.0. The second-order valence-electron chi connectivity index (χ2n) is 8.38. The quantitative estimate of drug-likeness (QED) is 0.279. The molecule has 5 rings (SSSR count). The van der Waals surface area contributed by atoms with E-state index >= 15 is 0 Å². The molecule has 31 heavy (non-hydrogen) atoms. The highest BCUT2D eigenvalue weighted by molar-refractivity contribution is 7.82. The molecule has 4 atom stereocenters. The first-order valence-corrected chi connectivity index (χ1v) is 11.1. The van der Waals surface area contributed by atoms with Crippen molar-refractivity contribution < 1.29 is 9.59 Å². The van der Waals surface area contributed by atoms with Gasteiger partial charge in [0.15, 0.2) is 6.29 Å². The molecule has 1 saturated heterocycles. The zero-order valence-corrected chi connectivity index (χ0v) is 19.0. The number of carbonyl (C=O) groups is 2. The van der Waals surface area contributed by atoms with Gasteiger partial charge < -0.3 is 20.0 Å². The predicted molar refractivity (Wildman–Crippen MR) is 129 cm³/mol. The first kappa shape index (κ1) is 20.5. The Labute approximate surface area is 191 Å². The van der Waals surface area contributed by atoms with Gasteiger partial charge in [-0.1, -0.05) is 36.4 Å². The summed E-state index contributed by atoms with van der Waals surface area (Å²) in [5.74, 6) is -0.252. The summed E-state index contributed by atoms with van der Waals surface area (Å²) in [7, 11) is 3.50. The number of aldehydes is 1. The summed E-state index contributed by atoms with van der Waals surface area (Å²) in [5.41, 5.74) is 3.87. The summed E-state index contributed by atoms with van der Waals surface area (Å²) in [4.78, 5) is 30.5. The third-order valence-electron chi connectivity index (χ3n) is 6.91. The molecule has 0 spiro atoms. The highest BCUT2D eigenvalue weighted by Crippen LogP contribution is 2.59. The van der Waals surface area contributed by atoms with E-state index in [9.17, 15) is 9.59 Å². The third-order valence-corrected chi connectivity index (χ3v) is 8.05. The fourth-order valence-electron chi connectivity index (χ4n) is 5.31. The van der Waals surface area contributed by atoms with Crippen LogP contribution in [0.25, 0.3) is 10.9 Å². The highest BCUT2D eigenvalue weighted by Gasteiger charge is 2.65. The number of nitrogens with zero attached hydrogens (tertiary/aromatic N) is 2. The number of aromatic amines is 1. The van der Waals surface area contributed by atoms with Crippen LogP contribution in [-0.4, -0.2) is 57.5 Å². The van der Waals surface area contributed by atoms with E-state index in [1.807, 2.05) is 36.2 Å².